The molecule has 2 N–H and O–H groups in total. The molecular formula is C7H4Br2N2OS. The molecule has 2 aromatic rings. The number of nitrogen functional groups attached to an aromatic ring is 1. The Kier molecular flexibility index (Phi) is 2.44. The van der Waals surface area contributed by atoms with E-state index in [-0.39, 0.29) is 0 Å². The molecule has 0 amide bonds. The number of rotatable bonds is 1. The molecule has 0 aliphatic carbocycles. The van der Waals surface area contributed by atoms with E-state index in [1.165, 1.54) is 0 Å². The maximum Gasteiger partial charge on any atom is 0.184 e. The van der Waals surface area contributed by atoms with E-state index >= 15 is 0 Å². The zero-order chi connectivity index (χ0) is 9.42. The number of thiophene rings is 1. The van der Waals surface area contributed by atoms with Gasteiger partial charge in [-0.05, 0) is 37.9 Å². The lowest BCUT2D eigenvalue weighted by molar-refractivity contribution is 0.435. The molecule has 68 valence electrons. The fourth-order valence-electron chi connectivity index (χ4n) is 0.900. The quantitative estimate of drug-likeness (QED) is 0.873. The summed E-state index contributed by atoms with van der Waals surface area (Å²) in [4.78, 5) is 0. The van der Waals surface area contributed by atoms with E-state index in [0.29, 0.717) is 16.1 Å². The Balaban J connectivity index is 2.52. The molecule has 0 fully saturated rings. The topological polar surface area (TPSA) is 52.0 Å². The summed E-state index contributed by atoms with van der Waals surface area (Å²) in [6.07, 6.45) is 0. The first kappa shape index (κ1) is 9.23. The van der Waals surface area contributed by atoms with E-state index < -0.39 is 0 Å². The summed E-state index contributed by atoms with van der Waals surface area (Å²) in [5.74, 6) is 1.04. The van der Waals surface area contributed by atoms with Crippen molar-refractivity contribution in [1.82, 2.24) is 5.16 Å². The van der Waals surface area contributed by atoms with Crippen LogP contribution in [-0.4, -0.2) is 5.16 Å². The van der Waals surface area contributed by atoms with Crippen LogP contribution in [0.25, 0.3) is 11.3 Å². The van der Waals surface area contributed by atoms with E-state index in [9.17, 15) is 0 Å². The number of nitrogens with two attached hydrogens (primary N) is 1. The summed E-state index contributed by atoms with van der Waals surface area (Å²) < 4.78 is 6.81. The number of hydrogen-bond donors (Lipinski definition) is 1. The summed E-state index contributed by atoms with van der Waals surface area (Å²) in [6.45, 7) is 0. The Morgan fingerprint density at radius 2 is 2.23 bits per heavy atom. The maximum absolute atomic E-state index is 5.52. The first-order valence-corrected chi connectivity index (χ1v) is 5.80. The molecule has 0 spiro atoms. The smallest absolute Gasteiger partial charge is 0.184 e. The average Bonchev–Trinajstić information content (AvgIpc) is 2.62. The van der Waals surface area contributed by atoms with Crippen LogP contribution in [0, 0.1) is 0 Å². The first-order valence-electron chi connectivity index (χ1n) is 3.33. The van der Waals surface area contributed by atoms with Gasteiger partial charge in [-0.2, -0.15) is 0 Å². The Hall–Kier alpha value is -0.330. The highest BCUT2D eigenvalue weighted by Crippen LogP contribution is 2.36. The lowest BCUT2D eigenvalue weighted by atomic mass is 10.3. The summed E-state index contributed by atoms with van der Waals surface area (Å²) in [6, 6.07) is 1.95. The minimum Gasteiger partial charge on any atom is -0.380 e. The third kappa shape index (κ3) is 1.66. The van der Waals surface area contributed by atoms with E-state index in [1.807, 2.05) is 11.4 Å². The lowest BCUT2D eigenvalue weighted by Gasteiger charge is -1.88. The van der Waals surface area contributed by atoms with Crippen LogP contribution in [0.4, 0.5) is 5.82 Å². The molecular weight excluding hydrogens is 320 g/mol. The molecule has 0 bridgehead atoms. The van der Waals surface area contributed by atoms with E-state index in [2.05, 4.69) is 37.0 Å². The Morgan fingerprint density at radius 1 is 1.46 bits per heavy atom. The summed E-state index contributed by atoms with van der Waals surface area (Å²) in [7, 11) is 0. The summed E-state index contributed by atoms with van der Waals surface area (Å²) in [5.41, 5.74) is 6.49. The third-order valence-electron chi connectivity index (χ3n) is 1.49. The number of aromatic nitrogens is 1. The third-order valence-corrected chi connectivity index (χ3v) is 3.76. The van der Waals surface area contributed by atoms with Crippen molar-refractivity contribution < 1.29 is 4.52 Å². The van der Waals surface area contributed by atoms with Gasteiger partial charge in [0.1, 0.15) is 4.47 Å². The van der Waals surface area contributed by atoms with Gasteiger partial charge in [0.25, 0.3) is 0 Å². The Morgan fingerprint density at radius 3 is 2.69 bits per heavy atom. The Labute approximate surface area is 95.2 Å². The molecule has 0 aliphatic heterocycles. The van der Waals surface area contributed by atoms with Crippen molar-refractivity contribution in [2.75, 3.05) is 5.73 Å². The highest BCUT2D eigenvalue weighted by Gasteiger charge is 2.13. The zero-order valence-corrected chi connectivity index (χ0v) is 10.2. The van der Waals surface area contributed by atoms with Crippen molar-refractivity contribution in [1.29, 1.82) is 0 Å². The molecule has 2 aromatic heterocycles. The van der Waals surface area contributed by atoms with Crippen LogP contribution in [0.1, 0.15) is 0 Å². The van der Waals surface area contributed by atoms with Crippen molar-refractivity contribution in [2.24, 2.45) is 0 Å². The largest absolute Gasteiger partial charge is 0.380 e. The molecule has 0 radical (unpaired) electrons. The molecule has 13 heavy (non-hydrogen) atoms. The SMILES string of the molecule is Nc1noc(-c2csc(Br)c2)c1Br. The molecule has 2 rings (SSSR count). The van der Waals surface area contributed by atoms with Gasteiger partial charge >= 0.3 is 0 Å². The highest BCUT2D eigenvalue weighted by atomic mass is 79.9. The second-order valence-corrected chi connectivity index (χ2v) is 5.43. The number of hydrogen-bond acceptors (Lipinski definition) is 4. The minimum absolute atomic E-state index is 0.373. The molecule has 3 nitrogen and oxygen atoms in total. The van der Waals surface area contributed by atoms with Crippen LogP contribution in [0.15, 0.2) is 24.2 Å². The fraction of sp³-hybridized carbons (Fsp3) is 0. The van der Waals surface area contributed by atoms with Crippen LogP contribution < -0.4 is 5.73 Å². The van der Waals surface area contributed by atoms with Gasteiger partial charge in [0, 0.05) is 10.9 Å². The van der Waals surface area contributed by atoms with Crippen molar-refractivity contribution in [3.05, 3.63) is 19.7 Å². The van der Waals surface area contributed by atoms with Crippen LogP contribution in [0.3, 0.4) is 0 Å². The van der Waals surface area contributed by atoms with Gasteiger partial charge in [0.15, 0.2) is 11.6 Å². The highest BCUT2D eigenvalue weighted by molar-refractivity contribution is 9.11. The van der Waals surface area contributed by atoms with Crippen LogP contribution in [0.5, 0.6) is 0 Å². The fourth-order valence-corrected chi connectivity index (χ4v) is 2.41. The van der Waals surface area contributed by atoms with Crippen LogP contribution in [0.2, 0.25) is 0 Å². The molecule has 0 unspecified atom stereocenters. The maximum atomic E-state index is 5.52. The van der Waals surface area contributed by atoms with Crippen molar-refractivity contribution in [2.45, 2.75) is 0 Å². The second kappa shape index (κ2) is 3.43. The predicted octanol–water partition coefficient (Wildman–Crippen LogP) is 3.51. The normalized spacial score (nSPS) is 10.6. The number of halogens is 2. The van der Waals surface area contributed by atoms with E-state index in [0.717, 1.165) is 9.35 Å². The Bertz CT molecular complexity index is 437. The second-order valence-electron chi connectivity index (χ2n) is 2.35. The first-order chi connectivity index (χ1) is 6.18. The van der Waals surface area contributed by atoms with Gasteiger partial charge < -0.3 is 10.3 Å². The van der Waals surface area contributed by atoms with Gasteiger partial charge in [-0.3, -0.25) is 0 Å². The van der Waals surface area contributed by atoms with Gasteiger partial charge in [-0.15, -0.1) is 11.3 Å². The molecule has 0 saturated heterocycles. The van der Waals surface area contributed by atoms with Crippen molar-refractivity contribution in [3.63, 3.8) is 0 Å². The van der Waals surface area contributed by atoms with Crippen LogP contribution in [-0.2, 0) is 0 Å². The van der Waals surface area contributed by atoms with Crippen molar-refractivity contribution >= 4 is 49.0 Å². The molecule has 0 aromatic carbocycles. The van der Waals surface area contributed by atoms with Crippen molar-refractivity contribution in [3.8, 4) is 11.3 Å². The molecule has 0 atom stereocenters. The van der Waals surface area contributed by atoms with Gasteiger partial charge in [0.05, 0.1) is 3.79 Å². The number of anilines is 1. The van der Waals surface area contributed by atoms with Gasteiger partial charge in [0.2, 0.25) is 0 Å². The predicted molar refractivity (Wildman–Crippen MR) is 59.6 cm³/mol. The van der Waals surface area contributed by atoms with E-state index in [1.54, 1.807) is 11.3 Å². The lowest BCUT2D eigenvalue weighted by Crippen LogP contribution is -1.82. The average molecular weight is 324 g/mol. The van der Waals surface area contributed by atoms with Gasteiger partial charge in [-0.1, -0.05) is 5.16 Å². The minimum atomic E-state index is 0.373. The molecule has 6 heteroatoms. The van der Waals surface area contributed by atoms with Gasteiger partial charge in [-0.25, -0.2) is 0 Å². The van der Waals surface area contributed by atoms with E-state index in [4.69, 9.17) is 10.3 Å². The molecule has 2 heterocycles. The summed E-state index contributed by atoms with van der Waals surface area (Å²) >= 11 is 8.26. The standard InChI is InChI=1S/C7H4Br2N2OS/c8-4-1-3(2-13-4)6-5(9)7(10)11-12-6/h1-2H,(H2,10,11). The van der Waals surface area contributed by atoms with Crippen LogP contribution >= 0.6 is 43.2 Å². The summed E-state index contributed by atoms with van der Waals surface area (Å²) in [5, 5.41) is 5.61. The number of nitrogens with zero attached hydrogens (tertiary/aromatic N) is 1. The zero-order valence-electron chi connectivity index (χ0n) is 6.25. The molecule has 0 saturated carbocycles. The molecule has 0 aliphatic rings. The monoisotopic (exact) mass is 322 g/mol.